The van der Waals surface area contributed by atoms with Crippen LogP contribution in [0.15, 0.2) is 36.5 Å². The lowest BCUT2D eigenvalue weighted by Crippen LogP contribution is -2.55. The van der Waals surface area contributed by atoms with Crippen LogP contribution in [0.25, 0.3) is 16.6 Å². The summed E-state index contributed by atoms with van der Waals surface area (Å²) in [6.45, 7) is 1.74. The lowest BCUT2D eigenvalue weighted by Gasteiger charge is -2.24. The maximum Gasteiger partial charge on any atom is 0.330 e. The average molecular weight is 383 g/mol. The summed E-state index contributed by atoms with van der Waals surface area (Å²) in [5.74, 6) is -0.499. The molecule has 8 nitrogen and oxygen atoms in total. The molecule has 1 saturated heterocycles. The molecule has 1 aliphatic rings. The first-order valence-electron chi connectivity index (χ1n) is 8.41. The highest BCUT2D eigenvalue weighted by atomic mass is 32.2. The first kappa shape index (κ1) is 17.5. The summed E-state index contributed by atoms with van der Waals surface area (Å²) in [6, 6.07) is 9.44. The van der Waals surface area contributed by atoms with Crippen LogP contribution in [0, 0.1) is 6.92 Å². The predicted molar refractivity (Wildman–Crippen MR) is 101 cm³/mol. The summed E-state index contributed by atoms with van der Waals surface area (Å²) in [7, 11) is 0. The SMILES string of the molecule is Cc1c(C(=O)NC2(C(=O)O)CCSC2)nnn1-c1ccc2ncccc2c1. The molecule has 2 aromatic heterocycles. The average Bonchev–Trinajstić information content (AvgIpc) is 3.29. The number of carbonyl (C=O) groups excluding carboxylic acids is 1. The number of aliphatic carboxylic acids is 1. The Morgan fingerprint density at radius 2 is 2.19 bits per heavy atom. The molecule has 1 amide bonds. The van der Waals surface area contributed by atoms with Crippen molar-refractivity contribution in [1.29, 1.82) is 0 Å². The highest BCUT2D eigenvalue weighted by Crippen LogP contribution is 2.29. The van der Waals surface area contributed by atoms with Crippen LogP contribution in [0.4, 0.5) is 0 Å². The van der Waals surface area contributed by atoms with Crippen LogP contribution in [-0.2, 0) is 4.79 Å². The van der Waals surface area contributed by atoms with Gasteiger partial charge in [0.25, 0.3) is 5.91 Å². The van der Waals surface area contributed by atoms with Crippen LogP contribution < -0.4 is 5.32 Å². The summed E-state index contributed by atoms with van der Waals surface area (Å²) in [5.41, 5.74) is 1.04. The second kappa shape index (κ2) is 6.66. The Hall–Kier alpha value is -2.94. The fourth-order valence-corrected chi connectivity index (χ4v) is 4.47. The number of nitrogens with one attached hydrogen (secondary N) is 1. The molecular formula is C18H17N5O3S. The van der Waals surface area contributed by atoms with Crippen molar-refractivity contribution in [2.24, 2.45) is 0 Å². The second-order valence-electron chi connectivity index (χ2n) is 6.46. The van der Waals surface area contributed by atoms with Crippen LogP contribution in [0.3, 0.4) is 0 Å². The van der Waals surface area contributed by atoms with E-state index in [2.05, 4.69) is 20.6 Å². The maximum atomic E-state index is 12.7. The van der Waals surface area contributed by atoms with Crippen molar-refractivity contribution in [3.05, 3.63) is 47.9 Å². The number of carboxylic acid groups (broad SMARTS) is 1. The van der Waals surface area contributed by atoms with Crippen LogP contribution in [0.2, 0.25) is 0 Å². The van der Waals surface area contributed by atoms with Crippen molar-refractivity contribution in [2.75, 3.05) is 11.5 Å². The fourth-order valence-electron chi connectivity index (χ4n) is 3.14. The zero-order valence-corrected chi connectivity index (χ0v) is 15.4. The molecule has 0 spiro atoms. The maximum absolute atomic E-state index is 12.7. The van der Waals surface area contributed by atoms with E-state index >= 15 is 0 Å². The Kier molecular flexibility index (Phi) is 4.31. The molecule has 3 heterocycles. The summed E-state index contributed by atoms with van der Waals surface area (Å²) in [4.78, 5) is 28.6. The Bertz CT molecular complexity index is 1040. The molecule has 4 rings (SSSR count). The van der Waals surface area contributed by atoms with Crippen molar-refractivity contribution in [1.82, 2.24) is 25.3 Å². The largest absolute Gasteiger partial charge is 0.479 e. The van der Waals surface area contributed by atoms with Gasteiger partial charge >= 0.3 is 5.97 Å². The minimum absolute atomic E-state index is 0.124. The van der Waals surface area contributed by atoms with Gasteiger partial charge in [-0.1, -0.05) is 11.3 Å². The lowest BCUT2D eigenvalue weighted by atomic mass is 9.99. The van der Waals surface area contributed by atoms with Crippen LogP contribution in [0.1, 0.15) is 22.6 Å². The van der Waals surface area contributed by atoms with E-state index in [-0.39, 0.29) is 5.69 Å². The molecule has 1 aromatic carbocycles. The molecule has 1 atom stereocenters. The summed E-state index contributed by atoms with van der Waals surface area (Å²) < 4.78 is 1.57. The third-order valence-electron chi connectivity index (χ3n) is 4.72. The van der Waals surface area contributed by atoms with E-state index < -0.39 is 17.4 Å². The molecule has 0 aliphatic carbocycles. The van der Waals surface area contributed by atoms with E-state index in [1.54, 1.807) is 17.8 Å². The van der Waals surface area contributed by atoms with Crippen LogP contribution in [0.5, 0.6) is 0 Å². The quantitative estimate of drug-likeness (QED) is 0.707. The van der Waals surface area contributed by atoms with E-state index in [9.17, 15) is 14.7 Å². The Labute approximate surface area is 159 Å². The van der Waals surface area contributed by atoms with Crippen molar-refractivity contribution >= 4 is 34.5 Å². The smallest absolute Gasteiger partial charge is 0.330 e. The lowest BCUT2D eigenvalue weighted by molar-refractivity contribution is -0.143. The van der Waals surface area contributed by atoms with Gasteiger partial charge in [0, 0.05) is 17.3 Å². The number of fused-ring (bicyclic) bond motifs is 1. The zero-order chi connectivity index (χ0) is 19.0. The molecule has 1 aliphatic heterocycles. The minimum atomic E-state index is -1.24. The van der Waals surface area contributed by atoms with Gasteiger partial charge in [0.2, 0.25) is 0 Å². The van der Waals surface area contributed by atoms with E-state index in [1.165, 1.54) is 11.8 Å². The molecule has 0 radical (unpaired) electrons. The number of carbonyl (C=O) groups is 2. The molecule has 1 fully saturated rings. The first-order valence-corrected chi connectivity index (χ1v) is 9.57. The van der Waals surface area contributed by atoms with Gasteiger partial charge < -0.3 is 10.4 Å². The number of pyridine rings is 1. The van der Waals surface area contributed by atoms with Gasteiger partial charge in [-0.3, -0.25) is 9.78 Å². The number of carboxylic acids is 1. The summed E-state index contributed by atoms with van der Waals surface area (Å²) >= 11 is 1.51. The molecule has 27 heavy (non-hydrogen) atoms. The number of benzene rings is 1. The molecule has 2 N–H and O–H groups in total. The van der Waals surface area contributed by atoms with Crippen LogP contribution in [-0.4, -0.2) is 54.0 Å². The summed E-state index contributed by atoms with van der Waals surface area (Å²) in [6.07, 6.45) is 2.12. The standard InChI is InChI=1S/C18H17N5O3S/c1-11-15(16(24)20-18(17(25)26)6-8-27-10-18)21-22-23(11)13-4-5-14-12(9-13)3-2-7-19-14/h2-5,7,9H,6,8,10H2,1H3,(H,20,24)(H,25,26). The third kappa shape index (κ3) is 3.03. The number of amides is 1. The van der Waals surface area contributed by atoms with E-state index in [0.29, 0.717) is 23.6 Å². The summed E-state index contributed by atoms with van der Waals surface area (Å²) in [5, 5.41) is 21.2. The van der Waals surface area contributed by atoms with Gasteiger partial charge in [-0.2, -0.15) is 11.8 Å². The molecule has 1 unspecified atom stereocenters. The predicted octanol–water partition coefficient (Wildman–Crippen LogP) is 1.81. The Balaban J connectivity index is 1.65. The molecule has 138 valence electrons. The highest BCUT2D eigenvalue weighted by molar-refractivity contribution is 7.99. The van der Waals surface area contributed by atoms with Crippen LogP contribution >= 0.6 is 11.8 Å². The molecule has 3 aromatic rings. The van der Waals surface area contributed by atoms with Gasteiger partial charge in [-0.25, -0.2) is 9.48 Å². The minimum Gasteiger partial charge on any atom is -0.479 e. The molecule has 0 saturated carbocycles. The molecular weight excluding hydrogens is 366 g/mol. The third-order valence-corrected chi connectivity index (χ3v) is 5.91. The number of aromatic nitrogens is 4. The van der Waals surface area contributed by atoms with Crippen molar-refractivity contribution in [2.45, 2.75) is 18.9 Å². The van der Waals surface area contributed by atoms with Gasteiger partial charge in [0.1, 0.15) is 5.54 Å². The van der Waals surface area contributed by atoms with Crippen molar-refractivity contribution in [3.63, 3.8) is 0 Å². The van der Waals surface area contributed by atoms with Gasteiger partial charge in [0.05, 0.1) is 16.9 Å². The fraction of sp³-hybridized carbons (Fsp3) is 0.278. The Morgan fingerprint density at radius 1 is 1.33 bits per heavy atom. The number of rotatable bonds is 4. The van der Waals surface area contributed by atoms with Crippen molar-refractivity contribution < 1.29 is 14.7 Å². The van der Waals surface area contributed by atoms with Gasteiger partial charge in [0.15, 0.2) is 5.69 Å². The van der Waals surface area contributed by atoms with E-state index in [1.807, 2.05) is 30.3 Å². The topological polar surface area (TPSA) is 110 Å². The van der Waals surface area contributed by atoms with Crippen molar-refractivity contribution in [3.8, 4) is 5.69 Å². The molecule has 9 heteroatoms. The van der Waals surface area contributed by atoms with E-state index in [0.717, 1.165) is 16.6 Å². The van der Waals surface area contributed by atoms with E-state index in [4.69, 9.17) is 0 Å². The number of hydrogen-bond acceptors (Lipinski definition) is 6. The molecule has 0 bridgehead atoms. The monoisotopic (exact) mass is 383 g/mol. The Morgan fingerprint density at radius 3 is 2.93 bits per heavy atom. The highest BCUT2D eigenvalue weighted by Gasteiger charge is 2.44. The normalized spacial score (nSPS) is 19.3. The first-order chi connectivity index (χ1) is 13.0. The second-order valence-corrected chi connectivity index (χ2v) is 7.56. The number of thioether (sulfide) groups is 1. The zero-order valence-electron chi connectivity index (χ0n) is 14.5. The van der Waals surface area contributed by atoms with Gasteiger partial charge in [-0.05, 0) is 43.4 Å². The van der Waals surface area contributed by atoms with Gasteiger partial charge in [-0.15, -0.1) is 5.10 Å². The number of nitrogens with zero attached hydrogens (tertiary/aromatic N) is 4. The number of hydrogen-bond donors (Lipinski definition) is 2.